The van der Waals surface area contributed by atoms with E-state index >= 15 is 0 Å². The van der Waals surface area contributed by atoms with Crippen molar-refractivity contribution in [3.8, 4) is 5.75 Å². The van der Waals surface area contributed by atoms with Crippen LogP contribution in [0.2, 0.25) is 0 Å². The van der Waals surface area contributed by atoms with Crippen molar-refractivity contribution in [3.05, 3.63) is 53.5 Å². The fourth-order valence-corrected chi connectivity index (χ4v) is 3.59. The van der Waals surface area contributed by atoms with Crippen LogP contribution in [-0.2, 0) is 4.74 Å². The molecule has 0 bridgehead atoms. The number of anilines is 2. The molecule has 1 fully saturated rings. The number of aromatic amines is 1. The predicted octanol–water partition coefficient (Wildman–Crippen LogP) is 3.71. The van der Waals surface area contributed by atoms with E-state index in [1.807, 2.05) is 18.2 Å². The van der Waals surface area contributed by atoms with E-state index in [2.05, 4.69) is 15.2 Å². The molecule has 1 saturated heterocycles. The Kier molecular flexibility index (Phi) is 4.92. The summed E-state index contributed by atoms with van der Waals surface area (Å²) >= 11 is 0. The van der Waals surface area contributed by atoms with Crippen molar-refractivity contribution in [2.75, 3.05) is 43.6 Å². The van der Waals surface area contributed by atoms with Gasteiger partial charge in [-0.3, -0.25) is 4.79 Å². The van der Waals surface area contributed by atoms with Gasteiger partial charge in [0.25, 0.3) is 5.91 Å². The largest absolute Gasteiger partial charge is 0.495 e. The SMILES string of the molecule is COc1ccc(N2CCOCC2)cc1NC(=O)c1c(C)[nH]c2ccc(F)cc12. The molecule has 1 amide bonds. The van der Waals surface area contributed by atoms with Gasteiger partial charge in [0.15, 0.2) is 0 Å². The quantitative estimate of drug-likeness (QED) is 0.721. The minimum atomic E-state index is -0.382. The maximum absolute atomic E-state index is 13.7. The molecular formula is C21H22FN3O3. The lowest BCUT2D eigenvalue weighted by Gasteiger charge is -2.29. The Labute approximate surface area is 162 Å². The summed E-state index contributed by atoms with van der Waals surface area (Å²) in [7, 11) is 1.56. The molecule has 2 N–H and O–H groups in total. The van der Waals surface area contributed by atoms with Crippen LogP contribution in [0.1, 0.15) is 16.1 Å². The number of aromatic nitrogens is 1. The fourth-order valence-electron chi connectivity index (χ4n) is 3.59. The number of fused-ring (bicyclic) bond motifs is 1. The van der Waals surface area contributed by atoms with Crippen LogP contribution in [0.4, 0.5) is 15.8 Å². The molecule has 1 aromatic heterocycles. The number of ether oxygens (including phenoxy) is 2. The van der Waals surface area contributed by atoms with Gasteiger partial charge in [0.05, 0.1) is 31.6 Å². The highest BCUT2D eigenvalue weighted by atomic mass is 19.1. The first-order valence-electron chi connectivity index (χ1n) is 9.16. The molecule has 2 heterocycles. The second-order valence-corrected chi connectivity index (χ2v) is 6.75. The monoisotopic (exact) mass is 383 g/mol. The average Bonchev–Trinajstić information content (AvgIpc) is 3.03. The fraction of sp³-hybridized carbons (Fsp3) is 0.286. The van der Waals surface area contributed by atoms with E-state index in [0.717, 1.165) is 24.3 Å². The Bertz CT molecular complexity index is 1030. The van der Waals surface area contributed by atoms with Crippen molar-refractivity contribution < 1.29 is 18.7 Å². The molecule has 0 aliphatic carbocycles. The third kappa shape index (κ3) is 3.41. The number of benzene rings is 2. The maximum atomic E-state index is 13.7. The average molecular weight is 383 g/mol. The Morgan fingerprint density at radius 2 is 2.00 bits per heavy atom. The smallest absolute Gasteiger partial charge is 0.258 e. The predicted molar refractivity (Wildman–Crippen MR) is 107 cm³/mol. The molecule has 0 radical (unpaired) electrons. The number of aryl methyl sites for hydroxylation is 1. The first-order valence-corrected chi connectivity index (χ1v) is 9.16. The van der Waals surface area contributed by atoms with E-state index < -0.39 is 0 Å². The van der Waals surface area contributed by atoms with Crippen molar-refractivity contribution in [1.29, 1.82) is 0 Å². The maximum Gasteiger partial charge on any atom is 0.258 e. The highest BCUT2D eigenvalue weighted by molar-refractivity contribution is 6.14. The van der Waals surface area contributed by atoms with Crippen LogP contribution in [0.25, 0.3) is 10.9 Å². The molecule has 6 nitrogen and oxygen atoms in total. The number of carbonyl (C=O) groups excluding carboxylic acids is 1. The van der Waals surface area contributed by atoms with Crippen molar-refractivity contribution in [1.82, 2.24) is 4.98 Å². The van der Waals surface area contributed by atoms with Crippen LogP contribution in [0.3, 0.4) is 0 Å². The molecule has 0 unspecified atom stereocenters. The van der Waals surface area contributed by atoms with Gasteiger partial charge in [0, 0.05) is 35.4 Å². The van der Waals surface area contributed by atoms with Crippen LogP contribution in [-0.4, -0.2) is 44.3 Å². The molecule has 3 aromatic rings. The number of carbonyl (C=O) groups is 1. The van der Waals surface area contributed by atoms with Crippen molar-refractivity contribution in [2.45, 2.75) is 6.92 Å². The third-order valence-electron chi connectivity index (χ3n) is 4.98. The number of hydrogen-bond donors (Lipinski definition) is 2. The van der Waals surface area contributed by atoms with Gasteiger partial charge in [0.1, 0.15) is 11.6 Å². The molecule has 1 aliphatic heterocycles. The molecule has 0 atom stereocenters. The van der Waals surface area contributed by atoms with Crippen LogP contribution in [0.5, 0.6) is 5.75 Å². The van der Waals surface area contributed by atoms with Crippen molar-refractivity contribution in [2.24, 2.45) is 0 Å². The Balaban J connectivity index is 1.67. The van der Waals surface area contributed by atoms with Crippen LogP contribution in [0, 0.1) is 12.7 Å². The molecular weight excluding hydrogens is 361 g/mol. The van der Waals surface area contributed by atoms with Crippen LogP contribution in [0.15, 0.2) is 36.4 Å². The van der Waals surface area contributed by atoms with Gasteiger partial charge in [-0.25, -0.2) is 4.39 Å². The lowest BCUT2D eigenvalue weighted by molar-refractivity contribution is 0.102. The lowest BCUT2D eigenvalue weighted by Crippen LogP contribution is -2.36. The van der Waals surface area contributed by atoms with E-state index in [9.17, 15) is 9.18 Å². The second kappa shape index (κ2) is 7.52. The first-order chi connectivity index (χ1) is 13.6. The summed E-state index contributed by atoms with van der Waals surface area (Å²) < 4.78 is 24.5. The molecule has 7 heteroatoms. The van der Waals surface area contributed by atoms with E-state index in [1.165, 1.54) is 12.1 Å². The standard InChI is InChI=1S/C21H22FN3O3/c1-13-20(16-11-14(22)3-5-17(16)23-13)21(26)24-18-12-15(4-6-19(18)27-2)25-7-9-28-10-8-25/h3-6,11-12,23H,7-10H2,1-2H3,(H,24,26). The minimum absolute atomic E-state index is 0.313. The summed E-state index contributed by atoms with van der Waals surface area (Å²) in [5, 5.41) is 3.49. The zero-order valence-electron chi connectivity index (χ0n) is 15.8. The lowest BCUT2D eigenvalue weighted by atomic mass is 10.1. The Hall–Kier alpha value is -3.06. The molecule has 146 valence electrons. The summed E-state index contributed by atoms with van der Waals surface area (Å²) in [6.45, 7) is 4.73. The topological polar surface area (TPSA) is 66.6 Å². The van der Waals surface area contributed by atoms with E-state index in [1.54, 1.807) is 20.1 Å². The van der Waals surface area contributed by atoms with Gasteiger partial charge in [-0.1, -0.05) is 0 Å². The van der Waals surface area contributed by atoms with Gasteiger partial charge < -0.3 is 24.7 Å². The third-order valence-corrected chi connectivity index (χ3v) is 4.98. The number of hydrogen-bond acceptors (Lipinski definition) is 4. The minimum Gasteiger partial charge on any atom is -0.495 e. The summed E-state index contributed by atoms with van der Waals surface area (Å²) in [5.74, 6) is -0.131. The molecule has 4 rings (SSSR count). The number of morpholine rings is 1. The second-order valence-electron chi connectivity index (χ2n) is 6.75. The van der Waals surface area contributed by atoms with E-state index in [0.29, 0.717) is 41.3 Å². The molecule has 2 aromatic carbocycles. The van der Waals surface area contributed by atoms with Crippen molar-refractivity contribution >= 4 is 28.2 Å². The normalized spacial score (nSPS) is 14.3. The number of methoxy groups -OCH3 is 1. The van der Waals surface area contributed by atoms with Gasteiger partial charge in [-0.2, -0.15) is 0 Å². The highest BCUT2D eigenvalue weighted by Gasteiger charge is 2.19. The summed E-state index contributed by atoms with van der Waals surface area (Å²) in [5.41, 5.74) is 3.38. The Morgan fingerprint density at radius 3 is 2.75 bits per heavy atom. The number of nitrogens with one attached hydrogen (secondary N) is 2. The number of halogens is 1. The highest BCUT2D eigenvalue weighted by Crippen LogP contribution is 2.32. The van der Waals surface area contributed by atoms with E-state index in [-0.39, 0.29) is 11.7 Å². The van der Waals surface area contributed by atoms with Crippen molar-refractivity contribution in [3.63, 3.8) is 0 Å². The van der Waals surface area contributed by atoms with Crippen LogP contribution >= 0.6 is 0 Å². The summed E-state index contributed by atoms with van der Waals surface area (Å²) in [6, 6.07) is 10.1. The van der Waals surface area contributed by atoms with Gasteiger partial charge in [-0.05, 0) is 43.3 Å². The molecule has 28 heavy (non-hydrogen) atoms. The molecule has 1 aliphatic rings. The number of H-pyrrole nitrogens is 1. The number of amides is 1. The van der Waals surface area contributed by atoms with Gasteiger partial charge >= 0.3 is 0 Å². The molecule has 0 spiro atoms. The van der Waals surface area contributed by atoms with E-state index in [4.69, 9.17) is 9.47 Å². The van der Waals surface area contributed by atoms with Gasteiger partial charge in [0.2, 0.25) is 0 Å². The van der Waals surface area contributed by atoms with Gasteiger partial charge in [-0.15, -0.1) is 0 Å². The zero-order valence-corrected chi connectivity index (χ0v) is 15.8. The molecule has 0 saturated carbocycles. The zero-order chi connectivity index (χ0) is 19.7. The van der Waals surface area contributed by atoms with Crippen LogP contribution < -0.4 is 15.0 Å². The first kappa shape index (κ1) is 18.3. The number of rotatable bonds is 4. The summed E-state index contributed by atoms with van der Waals surface area (Å²) in [6.07, 6.45) is 0. The summed E-state index contributed by atoms with van der Waals surface area (Å²) in [4.78, 5) is 18.4. The Morgan fingerprint density at radius 1 is 1.21 bits per heavy atom. The number of nitrogens with zero attached hydrogens (tertiary/aromatic N) is 1.